The maximum absolute atomic E-state index is 4.31. The van der Waals surface area contributed by atoms with Gasteiger partial charge in [0.05, 0.1) is 0 Å². The van der Waals surface area contributed by atoms with Crippen LogP contribution in [0.25, 0.3) is 85.7 Å². The van der Waals surface area contributed by atoms with E-state index in [1.807, 2.05) is 30.4 Å². The second-order valence-electron chi connectivity index (χ2n) is 13.1. The maximum Gasteiger partial charge on any atom is 0.0159 e. The van der Waals surface area contributed by atoms with Crippen molar-refractivity contribution in [3.05, 3.63) is 174 Å². The highest BCUT2D eigenvalue weighted by atomic mass is 14.4. The molecule has 0 saturated carbocycles. The fourth-order valence-electron chi connectivity index (χ4n) is 8.05. The molecule has 1 aliphatic rings. The third-order valence-electron chi connectivity index (χ3n) is 10.3. The van der Waals surface area contributed by atoms with Crippen molar-refractivity contribution in [1.29, 1.82) is 0 Å². The van der Waals surface area contributed by atoms with Crippen LogP contribution in [-0.2, 0) is 5.41 Å². The van der Waals surface area contributed by atoms with Crippen LogP contribution in [0.15, 0.2) is 130 Å². The van der Waals surface area contributed by atoms with Gasteiger partial charge >= 0.3 is 0 Å². The van der Waals surface area contributed by atoms with Gasteiger partial charge in [0.2, 0.25) is 0 Å². The van der Waals surface area contributed by atoms with Crippen molar-refractivity contribution in [2.24, 2.45) is 0 Å². The summed E-state index contributed by atoms with van der Waals surface area (Å²) < 4.78 is 0. The van der Waals surface area contributed by atoms with E-state index in [0.717, 1.165) is 55.6 Å². The van der Waals surface area contributed by atoms with Crippen molar-refractivity contribution in [1.82, 2.24) is 0 Å². The second-order valence-corrected chi connectivity index (χ2v) is 13.1. The minimum Gasteiger partial charge on any atom is -0.0984 e. The first kappa shape index (κ1) is 30.9. The molecule has 6 aromatic rings. The summed E-state index contributed by atoms with van der Waals surface area (Å²) in [6, 6.07) is 35.2. The Morgan fingerprint density at radius 1 is 0.438 bits per heavy atom. The van der Waals surface area contributed by atoms with Crippen molar-refractivity contribution in [3.8, 4) is 44.5 Å². The van der Waals surface area contributed by atoms with Crippen LogP contribution in [-0.4, -0.2) is 0 Å². The predicted molar refractivity (Wildman–Crippen MR) is 213 cm³/mol. The van der Waals surface area contributed by atoms with Gasteiger partial charge in [0, 0.05) is 5.41 Å². The zero-order valence-electron chi connectivity index (χ0n) is 28.2. The Bertz CT molecular complexity index is 2340. The summed E-state index contributed by atoms with van der Waals surface area (Å²) >= 11 is 0. The van der Waals surface area contributed by atoms with Gasteiger partial charge in [0.1, 0.15) is 0 Å². The Kier molecular flexibility index (Phi) is 7.61. The molecule has 232 valence electrons. The molecule has 0 N–H and O–H groups in total. The Labute approximate surface area is 285 Å². The molecule has 0 aliphatic heterocycles. The molecule has 0 amide bonds. The minimum absolute atomic E-state index is 0.124. The van der Waals surface area contributed by atoms with Gasteiger partial charge in [-0.25, -0.2) is 0 Å². The highest BCUT2D eigenvalue weighted by Crippen LogP contribution is 2.53. The summed E-state index contributed by atoms with van der Waals surface area (Å²) in [5.74, 6) is 0. The zero-order valence-corrected chi connectivity index (χ0v) is 28.2. The third kappa shape index (κ3) is 4.44. The van der Waals surface area contributed by atoms with Crippen LogP contribution >= 0.6 is 0 Å². The number of hydrogen-bond acceptors (Lipinski definition) is 0. The molecule has 0 bridgehead atoms. The van der Waals surface area contributed by atoms with E-state index < -0.39 is 0 Å². The number of aryl methyl sites for hydroxylation is 1. The summed E-state index contributed by atoms with van der Waals surface area (Å²) in [6.07, 6.45) is 9.89. The standard InChI is InChI=1S/C48H40/c1-9-33-30(6)19-18-23-38(33)46-37(13-5)36(12-4)45(39-20-14-15-21-40(39)46)32-27-25-31(26-28-32)42-29-44-47(35(11-3)34(42)10-2)41-22-16-17-24-43(41)48(44,7)8/h9-29H,1-5H2,6-8H3. The van der Waals surface area contributed by atoms with E-state index in [1.54, 1.807) is 0 Å². The molecule has 0 unspecified atom stereocenters. The fourth-order valence-corrected chi connectivity index (χ4v) is 8.05. The molecule has 1 aliphatic carbocycles. The van der Waals surface area contributed by atoms with Crippen LogP contribution in [0.5, 0.6) is 0 Å². The summed E-state index contributed by atoms with van der Waals surface area (Å²) in [7, 11) is 0. The van der Waals surface area contributed by atoms with Crippen LogP contribution in [0.3, 0.4) is 0 Å². The van der Waals surface area contributed by atoms with E-state index in [9.17, 15) is 0 Å². The molecular weight excluding hydrogens is 577 g/mol. The highest BCUT2D eigenvalue weighted by molar-refractivity contribution is 6.12. The summed E-state index contributed by atoms with van der Waals surface area (Å²) in [5, 5.41) is 2.35. The normalized spacial score (nSPS) is 12.6. The Morgan fingerprint density at radius 3 is 1.60 bits per heavy atom. The quantitative estimate of drug-likeness (QED) is 0.160. The molecule has 0 aromatic heterocycles. The lowest BCUT2D eigenvalue weighted by Crippen LogP contribution is -2.15. The smallest absolute Gasteiger partial charge is 0.0159 e. The van der Waals surface area contributed by atoms with Crippen molar-refractivity contribution in [2.75, 3.05) is 0 Å². The number of benzene rings is 6. The van der Waals surface area contributed by atoms with Gasteiger partial charge in [0.25, 0.3) is 0 Å². The SMILES string of the molecule is C=Cc1c(C)cccc1-c1c(C=C)c(C=C)c(-c2ccc(-c3cc4c(c(C=C)c3C=C)-c3ccccc3C4(C)C)cc2)c2ccccc12. The molecule has 7 rings (SSSR count). The molecule has 48 heavy (non-hydrogen) atoms. The molecule has 0 saturated heterocycles. The average molecular weight is 617 g/mol. The zero-order chi connectivity index (χ0) is 33.7. The van der Waals surface area contributed by atoms with Crippen LogP contribution in [0.2, 0.25) is 0 Å². The summed E-state index contributed by atoms with van der Waals surface area (Å²) in [4.78, 5) is 0. The van der Waals surface area contributed by atoms with E-state index >= 15 is 0 Å². The van der Waals surface area contributed by atoms with Crippen LogP contribution < -0.4 is 0 Å². The van der Waals surface area contributed by atoms with Crippen molar-refractivity contribution < 1.29 is 0 Å². The Hall–Kier alpha value is -5.72. The van der Waals surface area contributed by atoms with Gasteiger partial charge in [0.15, 0.2) is 0 Å². The largest absolute Gasteiger partial charge is 0.0984 e. The fraction of sp³-hybridized carbons (Fsp3) is 0.0833. The number of rotatable bonds is 8. The first-order valence-corrected chi connectivity index (χ1v) is 16.5. The van der Waals surface area contributed by atoms with E-state index in [0.29, 0.717) is 0 Å². The second kappa shape index (κ2) is 11.8. The Balaban J connectivity index is 1.45. The number of fused-ring (bicyclic) bond motifs is 4. The van der Waals surface area contributed by atoms with Crippen LogP contribution in [0.4, 0.5) is 0 Å². The van der Waals surface area contributed by atoms with Crippen LogP contribution in [0, 0.1) is 6.92 Å². The van der Waals surface area contributed by atoms with Crippen LogP contribution in [0.1, 0.15) is 58.4 Å². The van der Waals surface area contributed by atoms with E-state index in [1.165, 1.54) is 44.2 Å². The van der Waals surface area contributed by atoms with Gasteiger partial charge in [-0.3, -0.25) is 0 Å². The molecule has 0 spiro atoms. The average Bonchev–Trinajstić information content (AvgIpc) is 3.35. The first-order valence-electron chi connectivity index (χ1n) is 16.5. The lowest BCUT2D eigenvalue weighted by molar-refractivity contribution is 0.660. The van der Waals surface area contributed by atoms with Crippen molar-refractivity contribution in [3.63, 3.8) is 0 Å². The van der Waals surface area contributed by atoms with Gasteiger partial charge in [-0.05, 0) is 113 Å². The molecule has 0 nitrogen and oxygen atoms in total. The number of hydrogen-bond donors (Lipinski definition) is 0. The van der Waals surface area contributed by atoms with Crippen molar-refractivity contribution >= 4 is 41.2 Å². The molecule has 6 aromatic carbocycles. The minimum atomic E-state index is -0.124. The molecular formula is C48H40. The molecule has 0 heterocycles. The monoisotopic (exact) mass is 616 g/mol. The molecule has 0 radical (unpaired) electrons. The summed E-state index contributed by atoms with van der Waals surface area (Å²) in [5.41, 5.74) is 18.7. The summed E-state index contributed by atoms with van der Waals surface area (Å²) in [6.45, 7) is 28.1. The van der Waals surface area contributed by atoms with Crippen molar-refractivity contribution in [2.45, 2.75) is 26.2 Å². The Morgan fingerprint density at radius 2 is 0.958 bits per heavy atom. The lowest BCUT2D eigenvalue weighted by Gasteiger charge is -2.24. The highest BCUT2D eigenvalue weighted by Gasteiger charge is 2.37. The molecule has 0 fully saturated rings. The molecule has 0 atom stereocenters. The third-order valence-corrected chi connectivity index (χ3v) is 10.3. The van der Waals surface area contributed by atoms with E-state index in [-0.39, 0.29) is 5.41 Å². The van der Waals surface area contributed by atoms with E-state index in [4.69, 9.17) is 0 Å². The van der Waals surface area contributed by atoms with E-state index in [2.05, 4.69) is 151 Å². The topological polar surface area (TPSA) is 0 Å². The lowest BCUT2D eigenvalue weighted by atomic mass is 9.79. The van der Waals surface area contributed by atoms with Gasteiger partial charge < -0.3 is 0 Å². The van der Waals surface area contributed by atoms with Gasteiger partial charge in [-0.15, -0.1) is 0 Å². The molecule has 0 heteroatoms. The predicted octanol–water partition coefficient (Wildman–Crippen LogP) is 13.7. The maximum atomic E-state index is 4.31. The van der Waals surface area contributed by atoms with Gasteiger partial charge in [-0.2, -0.15) is 0 Å². The van der Waals surface area contributed by atoms with Gasteiger partial charge in [-0.1, -0.05) is 168 Å². The first-order chi connectivity index (χ1) is 23.3.